The maximum absolute atomic E-state index is 6.63. The lowest BCUT2D eigenvalue weighted by molar-refractivity contribution is 0.669. The van der Waals surface area contributed by atoms with E-state index >= 15 is 0 Å². The van der Waals surface area contributed by atoms with E-state index in [0.717, 1.165) is 60.5 Å². The molecule has 0 radical (unpaired) electrons. The first-order valence-corrected chi connectivity index (χ1v) is 20.5. The van der Waals surface area contributed by atoms with Crippen molar-refractivity contribution in [2.75, 3.05) is 0 Å². The Balaban J connectivity index is 1.09. The predicted molar refractivity (Wildman–Crippen MR) is 252 cm³/mol. The zero-order chi connectivity index (χ0) is 39.3. The lowest BCUT2D eigenvalue weighted by atomic mass is 9.94. The second-order valence-corrected chi connectivity index (χ2v) is 15.8. The summed E-state index contributed by atoms with van der Waals surface area (Å²) in [6.07, 6.45) is 0. The number of furan rings is 1. The van der Waals surface area contributed by atoms with E-state index in [9.17, 15) is 0 Å². The Morgan fingerprint density at radius 2 is 1.15 bits per heavy atom. The number of hydrogen-bond acceptors (Lipinski definition) is 3. The van der Waals surface area contributed by atoms with Crippen LogP contribution >= 0.6 is 11.3 Å². The summed E-state index contributed by atoms with van der Waals surface area (Å²) in [5.41, 5.74) is 9.02. The number of hydrogen-bond donors (Lipinski definition) is 0. The molecule has 0 N–H and O–H groups in total. The number of fused-ring (bicyclic) bond motifs is 8. The van der Waals surface area contributed by atoms with Crippen molar-refractivity contribution in [3.05, 3.63) is 205 Å². The van der Waals surface area contributed by atoms with E-state index in [4.69, 9.17) is 14.4 Å². The number of benzene rings is 9. The van der Waals surface area contributed by atoms with Crippen LogP contribution in [0.1, 0.15) is 16.7 Å². The van der Waals surface area contributed by atoms with Crippen LogP contribution in [0.15, 0.2) is 207 Å². The normalized spacial score (nSPS) is 12.4. The number of nitrogens with zero attached hydrogens (tertiary/aromatic N) is 3. The van der Waals surface area contributed by atoms with E-state index in [2.05, 4.69) is 169 Å². The van der Waals surface area contributed by atoms with Gasteiger partial charge in [0.1, 0.15) is 11.2 Å². The molecule has 0 saturated heterocycles. The molecule has 2 aromatic heterocycles. The van der Waals surface area contributed by atoms with Gasteiger partial charge >= 0.3 is 0 Å². The smallest absolute Gasteiger partial charge is 0.161 e. The van der Waals surface area contributed by atoms with E-state index in [1.54, 1.807) is 0 Å². The molecule has 0 aliphatic rings. The largest absolute Gasteiger partial charge is 0.456 e. The fourth-order valence-corrected chi connectivity index (χ4v) is 9.70. The van der Waals surface area contributed by atoms with Crippen molar-refractivity contribution in [2.24, 2.45) is 15.0 Å². The molecule has 0 aliphatic heterocycles. The topological polar surface area (TPSA) is 50.2 Å². The summed E-state index contributed by atoms with van der Waals surface area (Å²) in [5.74, 6) is 1.07. The van der Waals surface area contributed by atoms with Crippen LogP contribution < -0.4 is 0 Å². The highest BCUT2D eigenvalue weighted by atomic mass is 32.1. The van der Waals surface area contributed by atoms with Gasteiger partial charge in [-0.2, -0.15) is 0 Å². The molecule has 4 nitrogen and oxygen atoms in total. The van der Waals surface area contributed by atoms with E-state index in [-0.39, 0.29) is 0 Å². The second kappa shape index (κ2) is 14.5. The summed E-state index contributed by atoms with van der Waals surface area (Å²) >= 11 is 1.81. The van der Waals surface area contributed by atoms with Crippen LogP contribution in [0.5, 0.6) is 0 Å². The number of aliphatic imine (C=N–C) groups is 3. The van der Waals surface area contributed by atoms with Crippen LogP contribution in [-0.4, -0.2) is 18.4 Å². The Morgan fingerprint density at radius 1 is 0.508 bits per heavy atom. The van der Waals surface area contributed by atoms with Crippen LogP contribution in [0.2, 0.25) is 0 Å². The van der Waals surface area contributed by atoms with Crippen molar-refractivity contribution in [3.63, 3.8) is 0 Å². The Bertz CT molecular complexity index is 3490. The van der Waals surface area contributed by atoms with Crippen molar-refractivity contribution in [2.45, 2.75) is 6.54 Å². The van der Waals surface area contributed by atoms with Gasteiger partial charge in [-0.3, -0.25) is 4.99 Å². The molecule has 11 aromatic rings. The first kappa shape index (κ1) is 34.8. The van der Waals surface area contributed by atoms with Crippen molar-refractivity contribution >= 4 is 93.4 Å². The Morgan fingerprint density at radius 3 is 2.00 bits per heavy atom. The standard InChI is InChI=1S/C54H35N3OS/c1-55-53(39-31-26-34-12-2-3-14-38(34)32-39)57-54(56-33-40-16-9-21-45-44-18-6-7-25-49(44)59-52(40)45)46-22-11-24-48-51(46)50-43(20-10-23-47(50)58-48)37-29-27-36(28-30-37)42-19-8-15-35-13-4-5-17-41(35)42/h2-32H,1,33H2. The summed E-state index contributed by atoms with van der Waals surface area (Å²) in [4.78, 5) is 15.2. The summed E-state index contributed by atoms with van der Waals surface area (Å²) in [6, 6.07) is 66.0. The number of thiophene rings is 1. The Labute approximate surface area is 344 Å². The first-order valence-electron chi connectivity index (χ1n) is 19.7. The van der Waals surface area contributed by atoms with Crippen molar-refractivity contribution in [3.8, 4) is 22.3 Å². The third-order valence-electron chi connectivity index (χ3n) is 11.3. The molecule has 0 fully saturated rings. The summed E-state index contributed by atoms with van der Waals surface area (Å²) in [6.45, 7) is 4.43. The zero-order valence-electron chi connectivity index (χ0n) is 32.0. The van der Waals surface area contributed by atoms with Crippen LogP contribution in [-0.2, 0) is 6.54 Å². The Hall–Kier alpha value is -7.47. The predicted octanol–water partition coefficient (Wildman–Crippen LogP) is 14.7. The third-order valence-corrected chi connectivity index (χ3v) is 12.6. The molecule has 59 heavy (non-hydrogen) atoms. The molecule has 11 rings (SSSR count). The average molecular weight is 774 g/mol. The molecule has 0 saturated carbocycles. The SMILES string of the molecule is C=NC(=NC(=NCc1cccc2c1sc1ccccc12)c1cccc2oc3cccc(-c4ccc(-c5cccc6ccccc56)cc4)c3c12)c1ccc2ccccc2c1. The van der Waals surface area contributed by atoms with E-state index in [0.29, 0.717) is 18.2 Å². The first-order chi connectivity index (χ1) is 29.2. The molecule has 278 valence electrons. The van der Waals surface area contributed by atoms with Gasteiger partial charge in [0.15, 0.2) is 11.7 Å². The molecule has 9 aromatic carbocycles. The quantitative estimate of drug-likeness (QED) is 0.123. The maximum Gasteiger partial charge on any atom is 0.161 e. The van der Waals surface area contributed by atoms with Gasteiger partial charge in [0, 0.05) is 42.1 Å². The van der Waals surface area contributed by atoms with Gasteiger partial charge in [0.2, 0.25) is 0 Å². The monoisotopic (exact) mass is 773 g/mol. The molecule has 0 aliphatic carbocycles. The maximum atomic E-state index is 6.63. The van der Waals surface area contributed by atoms with Crippen molar-refractivity contribution in [1.82, 2.24) is 0 Å². The zero-order valence-corrected chi connectivity index (χ0v) is 32.8. The van der Waals surface area contributed by atoms with Gasteiger partial charge in [-0.15, -0.1) is 11.3 Å². The highest BCUT2D eigenvalue weighted by Crippen LogP contribution is 2.40. The van der Waals surface area contributed by atoms with Gasteiger partial charge in [0.05, 0.1) is 6.54 Å². The molecule has 0 spiro atoms. The molecule has 0 bridgehead atoms. The van der Waals surface area contributed by atoms with E-state index < -0.39 is 0 Å². The molecule has 0 amide bonds. The van der Waals surface area contributed by atoms with Gasteiger partial charge < -0.3 is 4.42 Å². The van der Waals surface area contributed by atoms with Gasteiger partial charge in [-0.05, 0) is 80.3 Å². The number of rotatable bonds is 6. The minimum atomic E-state index is 0.430. The van der Waals surface area contributed by atoms with Crippen LogP contribution in [0, 0.1) is 0 Å². The molecular weight excluding hydrogens is 739 g/mol. The van der Waals surface area contributed by atoms with Crippen LogP contribution in [0.4, 0.5) is 0 Å². The van der Waals surface area contributed by atoms with Gasteiger partial charge in [-0.25, -0.2) is 9.98 Å². The summed E-state index contributed by atoms with van der Waals surface area (Å²) in [7, 11) is 0. The van der Waals surface area contributed by atoms with E-state index in [1.807, 2.05) is 41.7 Å². The third kappa shape index (κ3) is 6.11. The Kier molecular flexibility index (Phi) is 8.53. The minimum absolute atomic E-state index is 0.430. The highest BCUT2D eigenvalue weighted by Gasteiger charge is 2.20. The molecule has 0 unspecified atom stereocenters. The average Bonchev–Trinajstić information content (AvgIpc) is 3.88. The molecule has 0 atom stereocenters. The van der Waals surface area contributed by atoms with Crippen LogP contribution in [0.3, 0.4) is 0 Å². The van der Waals surface area contributed by atoms with Crippen LogP contribution in [0.25, 0.3) is 85.9 Å². The minimum Gasteiger partial charge on any atom is -0.456 e. The highest BCUT2D eigenvalue weighted by molar-refractivity contribution is 7.26. The fraction of sp³-hybridized carbons (Fsp3) is 0.0185. The molecule has 2 heterocycles. The van der Waals surface area contributed by atoms with Gasteiger partial charge in [0.25, 0.3) is 0 Å². The fourth-order valence-electron chi connectivity index (χ4n) is 8.49. The second-order valence-electron chi connectivity index (χ2n) is 14.8. The van der Waals surface area contributed by atoms with E-state index in [1.165, 1.54) is 42.1 Å². The molecule has 5 heteroatoms. The summed E-state index contributed by atoms with van der Waals surface area (Å²) in [5, 5.41) is 9.21. The van der Waals surface area contributed by atoms with Crippen molar-refractivity contribution < 1.29 is 4.42 Å². The lowest BCUT2D eigenvalue weighted by Gasteiger charge is -2.11. The van der Waals surface area contributed by atoms with Gasteiger partial charge in [-0.1, -0.05) is 164 Å². The van der Waals surface area contributed by atoms with Crippen molar-refractivity contribution in [1.29, 1.82) is 0 Å². The summed E-state index contributed by atoms with van der Waals surface area (Å²) < 4.78 is 9.13. The lowest BCUT2D eigenvalue weighted by Crippen LogP contribution is -2.06. The molecular formula is C54H35N3OS. The number of amidine groups is 2.